The van der Waals surface area contributed by atoms with E-state index in [9.17, 15) is 27.2 Å². The maximum absolute atomic E-state index is 14.4. The molecule has 0 bridgehead atoms. The summed E-state index contributed by atoms with van der Waals surface area (Å²) in [5.74, 6) is -1.21. The first-order valence-corrected chi connectivity index (χ1v) is 30.7. The number of nitrogens with one attached hydrogen (secondary N) is 1. The van der Waals surface area contributed by atoms with Gasteiger partial charge >= 0.3 is 0 Å². The van der Waals surface area contributed by atoms with Crippen molar-refractivity contribution in [1.29, 1.82) is 5.41 Å². The van der Waals surface area contributed by atoms with E-state index in [1.165, 1.54) is 79.6 Å². The van der Waals surface area contributed by atoms with Crippen LogP contribution in [-0.4, -0.2) is 91.5 Å². The molecule has 5 aliphatic rings. The molecule has 0 amide bonds. The Balaban J connectivity index is 0.000000214. The highest BCUT2D eigenvalue weighted by Crippen LogP contribution is 2.60. The first kappa shape index (κ1) is 61.2. The molecule has 3 saturated carbocycles. The van der Waals surface area contributed by atoms with Crippen LogP contribution >= 0.6 is 23.4 Å². The first-order chi connectivity index (χ1) is 37.2. The van der Waals surface area contributed by atoms with Gasteiger partial charge in [0.25, 0.3) is 5.56 Å². The van der Waals surface area contributed by atoms with Crippen molar-refractivity contribution in [3.63, 3.8) is 0 Å². The molecule has 78 heavy (non-hydrogen) atoms. The second-order valence-corrected chi connectivity index (χ2v) is 24.5. The molecule has 1 N–H and O–H groups in total. The summed E-state index contributed by atoms with van der Waals surface area (Å²) in [5.41, 5.74) is 7.15. The minimum Gasteiger partial charge on any atom is -0.375 e. The predicted molar refractivity (Wildman–Crippen MR) is 310 cm³/mol. The van der Waals surface area contributed by atoms with Crippen LogP contribution in [0.4, 0.5) is 17.6 Å². The van der Waals surface area contributed by atoms with E-state index in [4.69, 9.17) is 36.8 Å². The maximum Gasteiger partial charge on any atom is 0.267 e. The number of hydrogen-bond donors (Lipinski definition) is 1. The summed E-state index contributed by atoms with van der Waals surface area (Å²) >= 11 is 8.33. The molecule has 16 heteroatoms. The normalized spacial score (nSPS) is 20.0. The maximum atomic E-state index is 14.4. The molecule has 4 unspecified atom stereocenters. The van der Waals surface area contributed by atoms with Gasteiger partial charge in [0.15, 0.2) is 11.4 Å². The van der Waals surface area contributed by atoms with Gasteiger partial charge in [0.1, 0.15) is 17.5 Å². The Kier molecular flexibility index (Phi) is 21.5. The van der Waals surface area contributed by atoms with Crippen molar-refractivity contribution in [2.45, 2.75) is 188 Å². The lowest BCUT2D eigenvalue weighted by molar-refractivity contribution is -0.117. The number of hydrogen-bond acceptors (Lipinski definition) is 9. The molecule has 10 rings (SSSR count). The zero-order chi connectivity index (χ0) is 56.6. The molecule has 1 saturated heterocycles. The van der Waals surface area contributed by atoms with E-state index in [0.29, 0.717) is 69.6 Å². The Hall–Kier alpha value is -4.44. The van der Waals surface area contributed by atoms with E-state index in [1.54, 1.807) is 48.5 Å². The number of Topliss-reactive ketones (excluding diaryl/α,β-unsaturated/α-hetero) is 1. The van der Waals surface area contributed by atoms with Crippen LogP contribution in [0.15, 0.2) is 47.3 Å². The average Bonchev–Trinajstić information content (AvgIpc) is 4.41. The topological polar surface area (TPSA) is 119 Å². The number of rotatable bonds is 17. The monoisotopic (exact) mass is 1120 g/mol. The highest BCUT2D eigenvalue weighted by molar-refractivity contribution is 7.97. The average molecular weight is 1120 g/mol. The second kappa shape index (κ2) is 27.3. The van der Waals surface area contributed by atoms with E-state index in [1.807, 2.05) is 44.9 Å². The lowest BCUT2D eigenvalue weighted by Crippen LogP contribution is -2.44. The van der Waals surface area contributed by atoms with E-state index in [2.05, 4.69) is 25.7 Å². The molecule has 2 aromatic carbocycles. The minimum absolute atomic E-state index is 0.124. The summed E-state index contributed by atoms with van der Waals surface area (Å²) in [6.07, 6.45) is 15.3. The number of pyridine rings is 1. The number of halogens is 5. The fraction of sp³-hybridized carbons (Fsp3) is 0.613. The number of benzene rings is 2. The summed E-state index contributed by atoms with van der Waals surface area (Å²) in [7, 11) is 0. The van der Waals surface area contributed by atoms with Gasteiger partial charge in [0.05, 0.1) is 41.0 Å². The highest BCUT2D eigenvalue weighted by Gasteiger charge is 2.51. The smallest absolute Gasteiger partial charge is 0.267 e. The van der Waals surface area contributed by atoms with Crippen molar-refractivity contribution >= 4 is 45.9 Å². The van der Waals surface area contributed by atoms with Crippen molar-refractivity contribution in [3.8, 4) is 5.69 Å². The molecule has 4 heterocycles. The number of ether oxygens (including phenoxy) is 1. The predicted octanol–water partition coefficient (Wildman–Crippen LogP) is 15.0. The molecule has 4 aliphatic carbocycles. The van der Waals surface area contributed by atoms with Gasteiger partial charge in [-0.3, -0.25) is 23.7 Å². The van der Waals surface area contributed by atoms with Crippen molar-refractivity contribution in [2.75, 3.05) is 38.8 Å². The van der Waals surface area contributed by atoms with Crippen LogP contribution in [0.1, 0.15) is 194 Å². The number of ketones is 1. The fourth-order valence-corrected chi connectivity index (χ4v) is 11.9. The van der Waals surface area contributed by atoms with Gasteiger partial charge in [0, 0.05) is 78.0 Å². The van der Waals surface area contributed by atoms with Gasteiger partial charge in [-0.05, 0) is 162 Å². The largest absolute Gasteiger partial charge is 0.375 e. The number of thioether (sulfide) groups is 1. The number of unbranched alkanes of at least 4 members (excludes halogenated alkanes) is 2. The molecule has 0 radical (unpaired) electrons. The van der Waals surface area contributed by atoms with E-state index >= 15 is 0 Å². The molecule has 5 aromatic rings. The lowest BCUT2D eigenvalue weighted by atomic mass is 9.84. The molecular formula is C62H84ClF4N7O3S. The Morgan fingerprint density at radius 3 is 2.26 bits per heavy atom. The van der Waals surface area contributed by atoms with Crippen molar-refractivity contribution in [1.82, 2.24) is 29.2 Å². The molecule has 10 nitrogen and oxygen atoms in total. The van der Waals surface area contributed by atoms with Crippen LogP contribution in [0.3, 0.4) is 0 Å². The zero-order valence-corrected chi connectivity index (χ0v) is 49.4. The standard InChI is InChI=1S/C35H37ClF4N4O.C13H16N2O.C12H25NO.C2H6S/c1-5-6-28(41)31-20(4)30(10-8-27(31)36)44-33(26(19(2)3)17-21-15-23(37)18-24(38)16-21)43-32-25(34(44)45)7-9-29(42-32)22-11-13-35(39,40)14-12-22;1-7(16)6-15-11-5-9-4-10(9)12(11)13(14-15)8-2-3-8;1-4-5-6-7-13-8-9-14-12(10-13)11(2)3;1-3-2/h7-10,15-16,18-19,22,26,41H,5-6,11-14,17H2,1-4H3;8-10H,2-6H2,1H3;11-12H,4-10H2,1-3H3;1-2H3. The van der Waals surface area contributed by atoms with Crippen LogP contribution in [0.2, 0.25) is 5.02 Å². The Labute approximate surface area is 469 Å². The van der Waals surface area contributed by atoms with E-state index in [0.717, 1.165) is 49.9 Å². The lowest BCUT2D eigenvalue weighted by Gasteiger charge is -2.34. The van der Waals surface area contributed by atoms with Crippen LogP contribution < -0.4 is 5.56 Å². The Morgan fingerprint density at radius 1 is 0.949 bits per heavy atom. The molecule has 426 valence electrons. The number of alkyl halides is 2. The van der Waals surface area contributed by atoms with Crippen molar-refractivity contribution in [2.24, 2.45) is 17.8 Å². The number of nitrogens with zero attached hydrogens (tertiary/aromatic N) is 6. The quantitative estimate of drug-likeness (QED) is 0.0556. The van der Waals surface area contributed by atoms with Gasteiger partial charge in [0.2, 0.25) is 5.92 Å². The van der Waals surface area contributed by atoms with Gasteiger partial charge in [-0.1, -0.05) is 72.4 Å². The third kappa shape index (κ3) is 15.3. The third-order valence-electron chi connectivity index (χ3n) is 16.1. The number of carbonyl (C=O) groups is 1. The zero-order valence-electron chi connectivity index (χ0n) is 47.8. The summed E-state index contributed by atoms with van der Waals surface area (Å²) in [6, 6.07) is 10.1. The van der Waals surface area contributed by atoms with Gasteiger partial charge in [-0.15, -0.1) is 0 Å². The molecule has 1 aliphatic heterocycles. The van der Waals surface area contributed by atoms with Crippen LogP contribution in [0.25, 0.3) is 16.7 Å². The second-order valence-electron chi connectivity index (χ2n) is 23.2. The first-order valence-electron chi connectivity index (χ1n) is 28.6. The number of fused-ring (bicyclic) bond motifs is 4. The summed E-state index contributed by atoms with van der Waals surface area (Å²) in [6.45, 7) is 21.0. The number of aromatic nitrogens is 5. The van der Waals surface area contributed by atoms with Crippen LogP contribution in [0, 0.1) is 41.7 Å². The van der Waals surface area contributed by atoms with Crippen molar-refractivity contribution in [3.05, 3.63) is 115 Å². The summed E-state index contributed by atoms with van der Waals surface area (Å²) in [5, 5.41) is 14.0. The fourth-order valence-electron chi connectivity index (χ4n) is 11.6. The van der Waals surface area contributed by atoms with E-state index in [-0.39, 0.29) is 60.8 Å². The van der Waals surface area contributed by atoms with Crippen LogP contribution in [-0.2, 0) is 28.9 Å². The number of carbonyl (C=O) groups excluding carboxylic acids is 1. The van der Waals surface area contributed by atoms with E-state index < -0.39 is 29.0 Å². The molecule has 4 fully saturated rings. The van der Waals surface area contributed by atoms with Gasteiger partial charge in [-0.2, -0.15) is 16.9 Å². The van der Waals surface area contributed by atoms with Gasteiger partial charge < -0.3 is 10.1 Å². The SMILES string of the molecule is CC(=O)Cn1nc(C2CC2)c2c1CC1CC21.CCCC(=N)c1c(Cl)ccc(-n2c(C(Cc3cc(F)cc(F)c3)C(C)C)nc3nc(C4CCC(F)(F)CC4)ccc3c2=O)c1C.CCCCCN1CCOC(C(C)C)C1.CSC. The Morgan fingerprint density at radius 2 is 1.64 bits per heavy atom. The summed E-state index contributed by atoms with van der Waals surface area (Å²) < 4.78 is 65.5. The molecule has 3 aromatic heterocycles. The summed E-state index contributed by atoms with van der Waals surface area (Å²) in [4.78, 5) is 37.9. The third-order valence-corrected chi connectivity index (χ3v) is 16.4. The molecule has 0 spiro atoms. The van der Waals surface area contributed by atoms with Crippen LogP contribution in [0.5, 0.6) is 0 Å². The minimum atomic E-state index is -2.68. The molecule has 4 atom stereocenters. The highest BCUT2D eigenvalue weighted by atomic mass is 35.5. The van der Waals surface area contributed by atoms with Crippen molar-refractivity contribution < 1.29 is 27.1 Å². The van der Waals surface area contributed by atoms with Gasteiger partial charge in [-0.25, -0.2) is 27.5 Å². The number of morpholine rings is 1. The molecular weight excluding hydrogens is 1030 g/mol. The Bertz CT molecular complexity index is 2910.